The van der Waals surface area contributed by atoms with Gasteiger partial charge in [0, 0.05) is 36.7 Å². The van der Waals surface area contributed by atoms with E-state index in [1.54, 1.807) is 12.1 Å². The number of alkyl halides is 3. The monoisotopic (exact) mass is 556 g/mol. The van der Waals surface area contributed by atoms with Gasteiger partial charge in [-0.05, 0) is 54.7 Å². The number of fused-ring (bicyclic) bond motifs is 2. The number of piperidine rings is 1. The predicted octanol–water partition coefficient (Wildman–Crippen LogP) is 5.97. The first kappa shape index (κ1) is 27.6. The Bertz CT molecular complexity index is 1180. The first-order chi connectivity index (χ1) is 19.4. The average Bonchev–Trinajstić information content (AvgIpc) is 3.40. The number of hydrogen-bond acceptors (Lipinski definition) is 4. The van der Waals surface area contributed by atoms with Gasteiger partial charge >= 0.3 is 6.18 Å². The Morgan fingerprint density at radius 3 is 2.62 bits per heavy atom. The van der Waals surface area contributed by atoms with Crippen LogP contribution in [0.5, 0.6) is 5.75 Å². The van der Waals surface area contributed by atoms with Crippen molar-refractivity contribution in [1.29, 1.82) is 0 Å². The summed E-state index contributed by atoms with van der Waals surface area (Å²) in [7, 11) is 0. The molecule has 1 aliphatic carbocycles. The fourth-order valence-corrected chi connectivity index (χ4v) is 7.87. The van der Waals surface area contributed by atoms with Gasteiger partial charge in [0.15, 0.2) is 6.61 Å². The van der Waals surface area contributed by atoms with Crippen molar-refractivity contribution in [2.75, 3.05) is 32.8 Å². The van der Waals surface area contributed by atoms with Gasteiger partial charge in [-0.3, -0.25) is 4.79 Å². The molecule has 3 fully saturated rings. The number of nitrogens with one attached hydrogen (secondary N) is 1. The molecule has 40 heavy (non-hydrogen) atoms. The molecule has 0 aromatic heterocycles. The van der Waals surface area contributed by atoms with Crippen molar-refractivity contribution in [3.05, 3.63) is 65.2 Å². The summed E-state index contributed by atoms with van der Waals surface area (Å²) in [5, 5.41) is 3.45. The quantitative estimate of drug-likeness (QED) is 0.493. The van der Waals surface area contributed by atoms with Gasteiger partial charge in [-0.25, -0.2) is 0 Å². The molecule has 5 nitrogen and oxygen atoms in total. The lowest BCUT2D eigenvalue weighted by atomic mass is 9.68. The van der Waals surface area contributed by atoms with Crippen LogP contribution in [0.25, 0.3) is 0 Å². The lowest BCUT2D eigenvalue weighted by Gasteiger charge is -2.48. The molecular weight excluding hydrogens is 517 g/mol. The SMILES string of the molecule is O=C(C1CNCC12COCc1c(OCC(F)(F)F)cccc12)N1CCC(c2ccccc2)CC1C1CCCCC1. The van der Waals surface area contributed by atoms with E-state index in [-0.39, 0.29) is 30.2 Å². The third-order valence-electron chi connectivity index (χ3n) is 9.81. The van der Waals surface area contributed by atoms with E-state index in [1.807, 2.05) is 6.07 Å². The summed E-state index contributed by atoms with van der Waals surface area (Å²) in [6, 6.07) is 16.1. The zero-order chi connectivity index (χ0) is 27.7. The molecule has 4 aliphatic rings. The zero-order valence-electron chi connectivity index (χ0n) is 22.9. The molecular formula is C32H39F3N2O3. The lowest BCUT2D eigenvalue weighted by Crippen LogP contribution is -2.56. The van der Waals surface area contributed by atoms with Crippen molar-refractivity contribution >= 4 is 5.91 Å². The highest BCUT2D eigenvalue weighted by molar-refractivity contribution is 5.82. The van der Waals surface area contributed by atoms with Crippen molar-refractivity contribution < 1.29 is 27.4 Å². The van der Waals surface area contributed by atoms with Crippen molar-refractivity contribution in [2.24, 2.45) is 11.8 Å². The average molecular weight is 557 g/mol. The van der Waals surface area contributed by atoms with Crippen LogP contribution in [0.15, 0.2) is 48.5 Å². The molecule has 1 spiro atoms. The molecule has 4 atom stereocenters. The number of hydrogen-bond donors (Lipinski definition) is 1. The standard InChI is InChI=1S/C32H39F3N2O3/c33-32(34,35)21-40-29-13-7-12-26-25(29)18-39-20-31(26)19-36-17-27(31)30(38)37-15-14-24(22-8-3-1-4-9-22)16-28(37)23-10-5-2-6-11-23/h1,3-4,7-9,12-13,23-24,27-28,36H,2,5-6,10-11,14-21H2. The number of halogens is 3. The van der Waals surface area contributed by atoms with E-state index < -0.39 is 18.2 Å². The molecule has 0 radical (unpaired) electrons. The summed E-state index contributed by atoms with van der Waals surface area (Å²) in [4.78, 5) is 16.8. The third-order valence-corrected chi connectivity index (χ3v) is 9.81. The summed E-state index contributed by atoms with van der Waals surface area (Å²) in [5.74, 6) is 0.955. The van der Waals surface area contributed by atoms with Crippen LogP contribution in [0.4, 0.5) is 13.2 Å². The number of ether oxygens (including phenoxy) is 2. The van der Waals surface area contributed by atoms with Crippen LogP contribution >= 0.6 is 0 Å². The number of carbonyl (C=O) groups excluding carboxylic acids is 1. The molecule has 1 N–H and O–H groups in total. The molecule has 6 rings (SSSR count). The highest BCUT2D eigenvalue weighted by Crippen LogP contribution is 2.46. The van der Waals surface area contributed by atoms with E-state index in [4.69, 9.17) is 9.47 Å². The smallest absolute Gasteiger partial charge is 0.422 e. The molecule has 3 aliphatic heterocycles. The Balaban J connectivity index is 1.29. The van der Waals surface area contributed by atoms with E-state index in [9.17, 15) is 18.0 Å². The summed E-state index contributed by atoms with van der Waals surface area (Å²) >= 11 is 0. The molecule has 0 bridgehead atoms. The summed E-state index contributed by atoms with van der Waals surface area (Å²) < 4.78 is 50.1. The van der Waals surface area contributed by atoms with Gasteiger partial charge < -0.3 is 19.7 Å². The van der Waals surface area contributed by atoms with Gasteiger partial charge in [0.1, 0.15) is 5.75 Å². The molecule has 4 unspecified atom stereocenters. The molecule has 1 saturated carbocycles. The molecule has 2 aromatic rings. The molecule has 216 valence electrons. The molecule has 3 heterocycles. The van der Waals surface area contributed by atoms with E-state index in [0.29, 0.717) is 37.1 Å². The minimum absolute atomic E-state index is 0.158. The third kappa shape index (κ3) is 5.37. The summed E-state index contributed by atoms with van der Waals surface area (Å²) in [6.45, 7) is 1.00. The predicted molar refractivity (Wildman–Crippen MR) is 146 cm³/mol. The number of amides is 1. The minimum atomic E-state index is -4.43. The number of nitrogens with zero attached hydrogens (tertiary/aromatic N) is 1. The van der Waals surface area contributed by atoms with Crippen LogP contribution in [0.1, 0.15) is 67.6 Å². The van der Waals surface area contributed by atoms with Crippen molar-refractivity contribution in [1.82, 2.24) is 10.2 Å². The van der Waals surface area contributed by atoms with E-state index in [1.165, 1.54) is 24.8 Å². The number of carbonyl (C=O) groups is 1. The Kier molecular flexibility index (Phi) is 7.83. The number of benzene rings is 2. The van der Waals surface area contributed by atoms with Gasteiger partial charge in [-0.1, -0.05) is 61.7 Å². The fourth-order valence-electron chi connectivity index (χ4n) is 7.87. The topological polar surface area (TPSA) is 50.8 Å². The number of likely N-dealkylation sites (tertiary alicyclic amines) is 1. The molecule has 2 saturated heterocycles. The molecule has 2 aromatic carbocycles. The maximum Gasteiger partial charge on any atom is 0.422 e. The summed E-state index contributed by atoms with van der Waals surface area (Å²) in [6.07, 6.45) is 3.52. The second kappa shape index (κ2) is 11.4. The van der Waals surface area contributed by atoms with E-state index in [0.717, 1.165) is 37.8 Å². The maximum atomic E-state index is 14.6. The van der Waals surface area contributed by atoms with Crippen molar-refractivity contribution in [3.8, 4) is 5.75 Å². The maximum absolute atomic E-state index is 14.6. The fraction of sp³-hybridized carbons (Fsp3) is 0.594. The van der Waals surface area contributed by atoms with Crippen molar-refractivity contribution in [3.63, 3.8) is 0 Å². The first-order valence-corrected chi connectivity index (χ1v) is 14.8. The highest BCUT2D eigenvalue weighted by atomic mass is 19.4. The van der Waals surface area contributed by atoms with Crippen LogP contribution < -0.4 is 10.1 Å². The van der Waals surface area contributed by atoms with E-state index in [2.05, 4.69) is 40.5 Å². The van der Waals surface area contributed by atoms with Crippen LogP contribution in [-0.2, 0) is 21.6 Å². The Morgan fingerprint density at radius 1 is 1.05 bits per heavy atom. The summed E-state index contributed by atoms with van der Waals surface area (Å²) in [5.41, 5.74) is 2.24. The Hall–Kier alpha value is -2.58. The largest absolute Gasteiger partial charge is 0.484 e. The van der Waals surface area contributed by atoms with Crippen LogP contribution in [-0.4, -0.2) is 55.9 Å². The second-order valence-electron chi connectivity index (χ2n) is 12.1. The van der Waals surface area contributed by atoms with Gasteiger partial charge in [0.05, 0.1) is 19.1 Å². The van der Waals surface area contributed by atoms with Gasteiger partial charge in [0.2, 0.25) is 5.91 Å². The normalized spacial score (nSPS) is 29.4. The van der Waals surface area contributed by atoms with Crippen LogP contribution in [0.3, 0.4) is 0 Å². The van der Waals surface area contributed by atoms with Gasteiger partial charge in [-0.15, -0.1) is 0 Å². The highest BCUT2D eigenvalue weighted by Gasteiger charge is 2.53. The molecule has 8 heteroatoms. The molecule has 1 amide bonds. The van der Waals surface area contributed by atoms with E-state index >= 15 is 0 Å². The van der Waals surface area contributed by atoms with Gasteiger partial charge in [-0.2, -0.15) is 13.2 Å². The Morgan fingerprint density at radius 2 is 1.85 bits per heavy atom. The second-order valence-corrected chi connectivity index (χ2v) is 12.1. The number of rotatable bonds is 5. The lowest BCUT2D eigenvalue weighted by molar-refractivity contribution is -0.153. The van der Waals surface area contributed by atoms with Gasteiger partial charge in [0.25, 0.3) is 0 Å². The van der Waals surface area contributed by atoms with Crippen LogP contribution in [0, 0.1) is 11.8 Å². The minimum Gasteiger partial charge on any atom is -0.484 e. The van der Waals surface area contributed by atoms with Crippen LogP contribution in [0.2, 0.25) is 0 Å². The van der Waals surface area contributed by atoms with Crippen molar-refractivity contribution in [2.45, 2.75) is 75.1 Å². The first-order valence-electron chi connectivity index (χ1n) is 14.8. The Labute approximate surface area is 234 Å². The zero-order valence-corrected chi connectivity index (χ0v) is 22.9.